The molecule has 0 heterocycles. The first-order valence-electron chi connectivity index (χ1n) is 13.0. The fraction of sp³-hybridized carbons (Fsp3) is 0.724. The first kappa shape index (κ1) is 26.8. The first-order valence-corrected chi connectivity index (χ1v) is 13.0. The maximum atomic E-state index is 10.6. The molecule has 0 aromatic heterocycles. The maximum absolute atomic E-state index is 10.6. The summed E-state index contributed by atoms with van der Waals surface area (Å²) in [5.41, 5.74) is 1.25. The molecule has 1 aromatic rings. The molecule has 0 saturated heterocycles. The van der Waals surface area contributed by atoms with Crippen LogP contribution in [0.15, 0.2) is 30.3 Å². The Bertz CT molecular complexity index is 538. The number of rotatable bonds is 18. The van der Waals surface area contributed by atoms with E-state index in [1.807, 2.05) is 0 Å². The maximum Gasteiger partial charge on any atom is 0.0555 e. The van der Waals surface area contributed by atoms with Gasteiger partial charge in [0.1, 0.15) is 0 Å². The Morgan fingerprint density at radius 1 is 0.700 bits per heavy atom. The van der Waals surface area contributed by atoms with Gasteiger partial charge in [0.25, 0.3) is 0 Å². The Hall–Kier alpha value is -1.26. The Labute approximate surface area is 188 Å². The Morgan fingerprint density at radius 3 is 1.83 bits per heavy atom. The van der Waals surface area contributed by atoms with E-state index in [4.69, 9.17) is 0 Å². The average molecular weight is 413 g/mol. The van der Waals surface area contributed by atoms with Crippen LogP contribution in [0.4, 0.5) is 0 Å². The standard InChI is InChI=1S/C29H48O/c1-3-5-7-9-10-11-12-13-14-16-21-25-29(30)26-28(24-18-15-8-6-4-2)27-22-19-17-20-23-27/h17,19-20,22-23,28-30H,3-16,21,25-26H2,1-2H3/t28-,29-/m0/s1. The molecule has 1 rings (SSSR count). The van der Waals surface area contributed by atoms with E-state index < -0.39 is 0 Å². The average Bonchev–Trinajstić information content (AvgIpc) is 2.77. The second-order valence-electron chi connectivity index (χ2n) is 8.96. The number of aliphatic hydroxyl groups excluding tert-OH is 1. The zero-order chi connectivity index (χ0) is 21.7. The lowest BCUT2D eigenvalue weighted by Crippen LogP contribution is -2.11. The normalized spacial score (nSPS) is 12.9. The number of hydrogen-bond donors (Lipinski definition) is 1. The van der Waals surface area contributed by atoms with Gasteiger partial charge >= 0.3 is 0 Å². The molecule has 0 amide bonds. The summed E-state index contributed by atoms with van der Waals surface area (Å²) in [6, 6.07) is 10.5. The highest BCUT2D eigenvalue weighted by molar-refractivity contribution is 5.28. The van der Waals surface area contributed by atoms with Crippen LogP contribution in [-0.2, 0) is 0 Å². The van der Waals surface area contributed by atoms with Gasteiger partial charge in [-0.05, 0) is 24.8 Å². The van der Waals surface area contributed by atoms with E-state index in [2.05, 4.69) is 56.0 Å². The van der Waals surface area contributed by atoms with Gasteiger partial charge in [0, 0.05) is 12.3 Å². The van der Waals surface area contributed by atoms with Crippen LogP contribution in [0.3, 0.4) is 0 Å². The number of hydrogen-bond acceptors (Lipinski definition) is 1. The molecule has 0 aliphatic rings. The van der Waals surface area contributed by atoms with Crippen molar-refractivity contribution in [1.29, 1.82) is 0 Å². The highest BCUT2D eigenvalue weighted by Gasteiger charge is 2.14. The Kier molecular flexibility index (Phi) is 17.6. The van der Waals surface area contributed by atoms with Crippen LogP contribution in [0.5, 0.6) is 0 Å². The number of aliphatic hydroxyl groups is 1. The Morgan fingerprint density at radius 2 is 1.23 bits per heavy atom. The van der Waals surface area contributed by atoms with E-state index in [1.54, 1.807) is 0 Å². The molecule has 0 fully saturated rings. The summed E-state index contributed by atoms with van der Waals surface area (Å²) in [6.45, 7) is 4.51. The van der Waals surface area contributed by atoms with Crippen LogP contribution in [0.25, 0.3) is 0 Å². The summed E-state index contributed by atoms with van der Waals surface area (Å²) >= 11 is 0. The van der Waals surface area contributed by atoms with Crippen molar-refractivity contribution in [1.82, 2.24) is 0 Å². The van der Waals surface area contributed by atoms with Crippen LogP contribution in [0, 0.1) is 11.8 Å². The second kappa shape index (κ2) is 19.7. The molecular weight excluding hydrogens is 364 g/mol. The van der Waals surface area contributed by atoms with Gasteiger partial charge in [-0.1, -0.05) is 134 Å². The molecule has 30 heavy (non-hydrogen) atoms. The van der Waals surface area contributed by atoms with Crippen LogP contribution in [-0.4, -0.2) is 11.2 Å². The second-order valence-corrected chi connectivity index (χ2v) is 8.96. The molecule has 0 bridgehead atoms. The van der Waals surface area contributed by atoms with Crippen LogP contribution < -0.4 is 0 Å². The van der Waals surface area contributed by atoms with Gasteiger partial charge in [0.05, 0.1) is 6.10 Å². The van der Waals surface area contributed by atoms with E-state index >= 15 is 0 Å². The summed E-state index contributed by atoms with van der Waals surface area (Å²) in [6.07, 6.45) is 21.0. The minimum absolute atomic E-state index is 0.163. The third-order valence-electron chi connectivity index (χ3n) is 6.03. The minimum atomic E-state index is -0.237. The molecule has 0 unspecified atom stereocenters. The van der Waals surface area contributed by atoms with Crippen molar-refractivity contribution < 1.29 is 5.11 Å². The molecular formula is C29H48O. The van der Waals surface area contributed by atoms with E-state index in [0.29, 0.717) is 0 Å². The van der Waals surface area contributed by atoms with Crippen molar-refractivity contribution in [3.8, 4) is 11.8 Å². The topological polar surface area (TPSA) is 20.2 Å². The molecule has 0 aliphatic heterocycles. The van der Waals surface area contributed by atoms with Gasteiger partial charge in [0.15, 0.2) is 0 Å². The minimum Gasteiger partial charge on any atom is -0.393 e. The molecule has 0 radical (unpaired) electrons. The summed E-state index contributed by atoms with van der Waals surface area (Å²) in [7, 11) is 0. The van der Waals surface area contributed by atoms with Gasteiger partial charge in [-0.3, -0.25) is 0 Å². The number of benzene rings is 1. The summed E-state index contributed by atoms with van der Waals surface area (Å²) < 4.78 is 0. The van der Waals surface area contributed by atoms with E-state index in [-0.39, 0.29) is 12.0 Å². The molecule has 1 heteroatoms. The van der Waals surface area contributed by atoms with E-state index in [0.717, 1.165) is 25.7 Å². The van der Waals surface area contributed by atoms with Crippen molar-refractivity contribution in [3.05, 3.63) is 35.9 Å². The molecule has 0 aliphatic carbocycles. The van der Waals surface area contributed by atoms with Crippen molar-refractivity contribution in [2.24, 2.45) is 0 Å². The number of unbranched alkanes of at least 4 members (excludes halogenated alkanes) is 13. The van der Waals surface area contributed by atoms with Crippen LogP contribution >= 0.6 is 0 Å². The van der Waals surface area contributed by atoms with Gasteiger partial charge < -0.3 is 5.11 Å². The lowest BCUT2D eigenvalue weighted by molar-refractivity contribution is 0.147. The SMILES string of the molecule is CCCCCC#C[C@@H](C[C@@H](O)CCCCCCCCCCCCC)c1ccccc1. The summed E-state index contributed by atoms with van der Waals surface area (Å²) in [5, 5.41) is 10.6. The van der Waals surface area contributed by atoms with Gasteiger partial charge in [-0.2, -0.15) is 0 Å². The van der Waals surface area contributed by atoms with Gasteiger partial charge in [-0.25, -0.2) is 0 Å². The monoisotopic (exact) mass is 412 g/mol. The molecule has 1 aromatic carbocycles. The van der Waals surface area contributed by atoms with Gasteiger partial charge in [0.2, 0.25) is 0 Å². The third kappa shape index (κ3) is 14.7. The largest absolute Gasteiger partial charge is 0.393 e. The molecule has 1 N–H and O–H groups in total. The zero-order valence-corrected chi connectivity index (χ0v) is 20.0. The molecule has 1 nitrogen and oxygen atoms in total. The van der Waals surface area contributed by atoms with Crippen molar-refractivity contribution in [3.63, 3.8) is 0 Å². The predicted molar refractivity (Wildman–Crippen MR) is 133 cm³/mol. The molecule has 0 saturated carbocycles. The fourth-order valence-corrected chi connectivity index (χ4v) is 4.06. The van der Waals surface area contributed by atoms with E-state index in [9.17, 15) is 5.11 Å². The van der Waals surface area contributed by atoms with Crippen LogP contribution in [0.2, 0.25) is 0 Å². The lowest BCUT2D eigenvalue weighted by Gasteiger charge is -2.16. The highest BCUT2D eigenvalue weighted by Crippen LogP contribution is 2.23. The summed E-state index contributed by atoms with van der Waals surface area (Å²) in [5.74, 6) is 7.00. The predicted octanol–water partition coefficient (Wildman–Crippen LogP) is 8.81. The van der Waals surface area contributed by atoms with Crippen LogP contribution in [0.1, 0.15) is 134 Å². The first-order chi connectivity index (χ1) is 14.8. The van der Waals surface area contributed by atoms with Crippen molar-refractivity contribution >= 4 is 0 Å². The van der Waals surface area contributed by atoms with Gasteiger partial charge in [-0.15, -0.1) is 5.92 Å². The molecule has 170 valence electrons. The van der Waals surface area contributed by atoms with E-state index in [1.165, 1.54) is 89.0 Å². The molecule has 2 atom stereocenters. The summed E-state index contributed by atoms with van der Waals surface area (Å²) in [4.78, 5) is 0. The fourth-order valence-electron chi connectivity index (χ4n) is 4.06. The zero-order valence-electron chi connectivity index (χ0n) is 20.0. The smallest absolute Gasteiger partial charge is 0.0555 e. The van der Waals surface area contributed by atoms with Crippen molar-refractivity contribution in [2.45, 2.75) is 135 Å². The van der Waals surface area contributed by atoms with Crippen molar-refractivity contribution in [2.75, 3.05) is 0 Å². The third-order valence-corrected chi connectivity index (χ3v) is 6.03. The highest BCUT2D eigenvalue weighted by atomic mass is 16.3. The Balaban J connectivity index is 2.21. The lowest BCUT2D eigenvalue weighted by atomic mass is 9.91. The quantitative estimate of drug-likeness (QED) is 0.189. The molecule has 0 spiro atoms.